The minimum absolute atomic E-state index is 0.215. The van der Waals surface area contributed by atoms with Gasteiger partial charge in [0, 0.05) is 5.56 Å². The van der Waals surface area contributed by atoms with Crippen LogP contribution in [0.2, 0.25) is 0 Å². The van der Waals surface area contributed by atoms with E-state index in [1.54, 1.807) is 6.07 Å². The molecular formula is C12H14FNOS. The van der Waals surface area contributed by atoms with E-state index in [1.807, 2.05) is 0 Å². The lowest BCUT2D eigenvalue weighted by Gasteiger charge is -2.25. The third-order valence-corrected chi connectivity index (χ3v) is 3.08. The number of benzene rings is 1. The van der Waals surface area contributed by atoms with Crippen LogP contribution in [0.3, 0.4) is 0 Å². The molecule has 0 unspecified atom stereocenters. The van der Waals surface area contributed by atoms with Crippen molar-refractivity contribution in [3.05, 3.63) is 35.1 Å². The summed E-state index contributed by atoms with van der Waals surface area (Å²) in [5.74, 6) is -0.324. The number of hydrogen-bond donors (Lipinski definition) is 1. The Hall–Kier alpha value is -1.00. The third-order valence-electron chi connectivity index (χ3n) is 2.86. The van der Waals surface area contributed by atoms with Crippen LogP contribution in [0.4, 0.5) is 4.39 Å². The highest BCUT2D eigenvalue weighted by Gasteiger charge is 2.18. The summed E-state index contributed by atoms with van der Waals surface area (Å²) in [6.07, 6.45) is 3.81. The lowest BCUT2D eigenvalue weighted by Crippen LogP contribution is -2.22. The molecule has 0 saturated heterocycles. The molecule has 0 aromatic heterocycles. The standard InChI is InChI=1S/C12H14FNOS/c13-9-5-4-8(11(6-9)12(14)16)7-15-10-2-1-3-10/h4-6,10H,1-3,7H2,(H2,14,16). The van der Waals surface area contributed by atoms with Gasteiger partial charge in [0.2, 0.25) is 0 Å². The molecule has 2 nitrogen and oxygen atoms in total. The predicted octanol–water partition coefficient (Wildman–Crippen LogP) is 2.53. The van der Waals surface area contributed by atoms with Gasteiger partial charge in [-0.05, 0) is 37.0 Å². The van der Waals surface area contributed by atoms with Gasteiger partial charge < -0.3 is 10.5 Å². The van der Waals surface area contributed by atoms with Crippen molar-refractivity contribution >= 4 is 17.2 Å². The van der Waals surface area contributed by atoms with E-state index < -0.39 is 0 Å². The van der Waals surface area contributed by atoms with Crippen LogP contribution in [0.15, 0.2) is 18.2 Å². The first-order chi connectivity index (χ1) is 7.66. The fourth-order valence-corrected chi connectivity index (χ4v) is 1.84. The minimum Gasteiger partial charge on any atom is -0.389 e. The van der Waals surface area contributed by atoms with Crippen molar-refractivity contribution in [2.75, 3.05) is 0 Å². The first-order valence-corrected chi connectivity index (χ1v) is 5.77. The second-order valence-corrected chi connectivity index (χ2v) is 4.47. The van der Waals surface area contributed by atoms with E-state index in [4.69, 9.17) is 22.7 Å². The Morgan fingerprint density at radius 1 is 1.50 bits per heavy atom. The second kappa shape index (κ2) is 4.89. The molecule has 2 rings (SSSR count). The van der Waals surface area contributed by atoms with Crippen LogP contribution in [0.25, 0.3) is 0 Å². The Morgan fingerprint density at radius 3 is 2.81 bits per heavy atom. The van der Waals surface area contributed by atoms with Crippen molar-refractivity contribution in [3.8, 4) is 0 Å². The molecule has 0 atom stereocenters. The average Bonchev–Trinajstić information content (AvgIpc) is 2.17. The molecule has 1 aliphatic rings. The minimum atomic E-state index is -0.324. The normalized spacial score (nSPS) is 15.8. The second-order valence-electron chi connectivity index (χ2n) is 4.03. The Balaban J connectivity index is 2.08. The maximum absolute atomic E-state index is 13.0. The largest absolute Gasteiger partial charge is 0.389 e. The fraction of sp³-hybridized carbons (Fsp3) is 0.417. The van der Waals surface area contributed by atoms with Crippen molar-refractivity contribution in [2.45, 2.75) is 32.0 Å². The van der Waals surface area contributed by atoms with Crippen LogP contribution >= 0.6 is 12.2 Å². The van der Waals surface area contributed by atoms with E-state index in [9.17, 15) is 4.39 Å². The summed E-state index contributed by atoms with van der Waals surface area (Å²) in [7, 11) is 0. The SMILES string of the molecule is NC(=S)c1cc(F)ccc1COC1CCC1. The first-order valence-electron chi connectivity index (χ1n) is 5.36. The molecule has 0 aliphatic heterocycles. The van der Waals surface area contributed by atoms with Crippen molar-refractivity contribution in [1.29, 1.82) is 0 Å². The van der Waals surface area contributed by atoms with E-state index in [-0.39, 0.29) is 10.8 Å². The van der Waals surface area contributed by atoms with E-state index in [2.05, 4.69) is 0 Å². The van der Waals surface area contributed by atoms with Crippen LogP contribution in [0.5, 0.6) is 0 Å². The van der Waals surface area contributed by atoms with Gasteiger partial charge >= 0.3 is 0 Å². The fourth-order valence-electron chi connectivity index (χ4n) is 1.65. The summed E-state index contributed by atoms with van der Waals surface area (Å²) in [6, 6.07) is 4.45. The molecule has 0 radical (unpaired) electrons. The number of hydrogen-bond acceptors (Lipinski definition) is 2. The summed E-state index contributed by atoms with van der Waals surface area (Å²) in [5, 5.41) is 0. The summed E-state index contributed by atoms with van der Waals surface area (Å²) in [5.41, 5.74) is 6.99. The zero-order chi connectivity index (χ0) is 11.5. The van der Waals surface area contributed by atoms with E-state index in [0.717, 1.165) is 18.4 Å². The molecule has 16 heavy (non-hydrogen) atoms. The number of ether oxygens (including phenoxy) is 1. The maximum atomic E-state index is 13.0. The van der Waals surface area contributed by atoms with Crippen LogP contribution in [0, 0.1) is 5.82 Å². The van der Waals surface area contributed by atoms with Gasteiger partial charge in [0.05, 0.1) is 12.7 Å². The molecule has 0 heterocycles. The summed E-state index contributed by atoms with van der Waals surface area (Å²) in [6.45, 7) is 0.456. The quantitative estimate of drug-likeness (QED) is 0.820. The highest BCUT2D eigenvalue weighted by molar-refractivity contribution is 7.80. The van der Waals surface area contributed by atoms with Gasteiger partial charge in [0.15, 0.2) is 0 Å². The van der Waals surface area contributed by atoms with Crippen molar-refractivity contribution in [2.24, 2.45) is 5.73 Å². The third kappa shape index (κ3) is 2.57. The molecule has 1 fully saturated rings. The molecule has 4 heteroatoms. The van der Waals surface area contributed by atoms with Gasteiger partial charge in [-0.25, -0.2) is 4.39 Å². The lowest BCUT2D eigenvalue weighted by atomic mass is 9.96. The summed E-state index contributed by atoms with van der Waals surface area (Å²) in [4.78, 5) is 0.215. The zero-order valence-electron chi connectivity index (χ0n) is 8.91. The molecule has 1 saturated carbocycles. The maximum Gasteiger partial charge on any atom is 0.123 e. The predicted molar refractivity (Wildman–Crippen MR) is 64.7 cm³/mol. The van der Waals surface area contributed by atoms with E-state index >= 15 is 0 Å². The highest BCUT2D eigenvalue weighted by atomic mass is 32.1. The number of rotatable bonds is 4. The van der Waals surface area contributed by atoms with Gasteiger partial charge in [0.25, 0.3) is 0 Å². The van der Waals surface area contributed by atoms with Crippen molar-refractivity contribution in [1.82, 2.24) is 0 Å². The average molecular weight is 239 g/mol. The highest BCUT2D eigenvalue weighted by Crippen LogP contribution is 2.24. The summed E-state index contributed by atoms with van der Waals surface area (Å²) >= 11 is 4.89. The molecule has 1 aliphatic carbocycles. The molecule has 0 spiro atoms. The lowest BCUT2D eigenvalue weighted by molar-refractivity contribution is -0.00872. The molecular weight excluding hydrogens is 225 g/mol. The van der Waals surface area contributed by atoms with E-state index in [0.29, 0.717) is 18.3 Å². The van der Waals surface area contributed by atoms with Gasteiger partial charge in [0.1, 0.15) is 10.8 Å². The zero-order valence-corrected chi connectivity index (χ0v) is 9.73. The Bertz CT molecular complexity index is 404. The van der Waals surface area contributed by atoms with Crippen LogP contribution in [-0.4, -0.2) is 11.1 Å². The Morgan fingerprint density at radius 2 is 2.25 bits per heavy atom. The van der Waals surface area contributed by atoms with E-state index in [1.165, 1.54) is 18.6 Å². The molecule has 1 aromatic rings. The number of thiocarbonyl (C=S) groups is 1. The van der Waals surface area contributed by atoms with Gasteiger partial charge in [-0.3, -0.25) is 0 Å². The monoisotopic (exact) mass is 239 g/mol. The summed E-state index contributed by atoms with van der Waals surface area (Å²) < 4.78 is 18.7. The molecule has 2 N–H and O–H groups in total. The molecule has 0 bridgehead atoms. The van der Waals surface area contributed by atoms with Crippen LogP contribution in [0.1, 0.15) is 30.4 Å². The van der Waals surface area contributed by atoms with Crippen LogP contribution < -0.4 is 5.73 Å². The number of halogens is 1. The van der Waals surface area contributed by atoms with Gasteiger partial charge in [-0.1, -0.05) is 18.3 Å². The van der Waals surface area contributed by atoms with Gasteiger partial charge in [-0.15, -0.1) is 0 Å². The smallest absolute Gasteiger partial charge is 0.123 e. The van der Waals surface area contributed by atoms with Gasteiger partial charge in [-0.2, -0.15) is 0 Å². The van der Waals surface area contributed by atoms with Crippen LogP contribution in [-0.2, 0) is 11.3 Å². The number of nitrogens with two attached hydrogens (primary N) is 1. The molecule has 86 valence electrons. The Kier molecular flexibility index (Phi) is 3.51. The molecule has 0 amide bonds. The molecule has 1 aromatic carbocycles. The topological polar surface area (TPSA) is 35.2 Å². The van der Waals surface area contributed by atoms with Crippen molar-refractivity contribution in [3.63, 3.8) is 0 Å². The van der Waals surface area contributed by atoms with Crippen molar-refractivity contribution < 1.29 is 9.13 Å². The first kappa shape index (κ1) is 11.5. The Labute approximate surface area is 99.6 Å².